The first kappa shape index (κ1) is 13.0. The zero-order valence-corrected chi connectivity index (χ0v) is 10.6. The van der Waals surface area contributed by atoms with E-state index in [1.54, 1.807) is 16.7 Å². The second-order valence-corrected chi connectivity index (χ2v) is 4.18. The maximum atomic E-state index is 11.3. The molecular weight excluding hydrogens is 250 g/mol. The molecule has 0 saturated heterocycles. The first-order valence-corrected chi connectivity index (χ1v) is 5.71. The van der Waals surface area contributed by atoms with Gasteiger partial charge in [0.15, 0.2) is 5.52 Å². The molecule has 0 aliphatic carbocycles. The van der Waals surface area contributed by atoms with E-state index in [2.05, 4.69) is 9.72 Å². The van der Waals surface area contributed by atoms with E-state index in [9.17, 15) is 14.9 Å². The van der Waals surface area contributed by atoms with Gasteiger partial charge < -0.3 is 9.30 Å². The minimum Gasteiger partial charge on any atom is -0.469 e. The van der Waals surface area contributed by atoms with Crippen LogP contribution in [-0.4, -0.2) is 27.6 Å². The fourth-order valence-corrected chi connectivity index (χ4v) is 1.96. The largest absolute Gasteiger partial charge is 0.469 e. The van der Waals surface area contributed by atoms with E-state index in [1.165, 1.54) is 19.5 Å². The summed E-state index contributed by atoms with van der Waals surface area (Å²) < 4.78 is 6.35. The van der Waals surface area contributed by atoms with Gasteiger partial charge in [-0.2, -0.15) is 0 Å². The first-order chi connectivity index (χ1) is 9.04. The standard InChI is InChI=1S/C12H13N3O4/c1-8(6-11(16)19-2)14-7-13-12-9(14)4-3-5-10(12)15(17)18/h3-5,7-8H,6H2,1-2H3. The van der Waals surface area contributed by atoms with Gasteiger partial charge in [0, 0.05) is 12.1 Å². The number of benzene rings is 1. The number of rotatable bonds is 4. The fourth-order valence-electron chi connectivity index (χ4n) is 1.96. The number of fused-ring (bicyclic) bond motifs is 1. The highest BCUT2D eigenvalue weighted by molar-refractivity contribution is 5.85. The van der Waals surface area contributed by atoms with Crippen molar-refractivity contribution < 1.29 is 14.5 Å². The molecular formula is C12H13N3O4. The maximum Gasteiger partial charge on any atom is 0.307 e. The number of carbonyl (C=O) groups is 1. The summed E-state index contributed by atoms with van der Waals surface area (Å²) in [6.07, 6.45) is 1.69. The lowest BCUT2D eigenvalue weighted by Gasteiger charge is -2.12. The third kappa shape index (κ3) is 2.40. The van der Waals surface area contributed by atoms with Crippen molar-refractivity contribution in [2.45, 2.75) is 19.4 Å². The quantitative estimate of drug-likeness (QED) is 0.478. The number of nitro benzene ring substituents is 1. The number of para-hydroxylation sites is 1. The Labute approximate surface area is 109 Å². The molecule has 100 valence electrons. The van der Waals surface area contributed by atoms with E-state index in [0.29, 0.717) is 11.0 Å². The van der Waals surface area contributed by atoms with E-state index in [4.69, 9.17) is 0 Å². The topological polar surface area (TPSA) is 87.3 Å². The van der Waals surface area contributed by atoms with E-state index >= 15 is 0 Å². The fraction of sp³-hybridized carbons (Fsp3) is 0.333. The Morgan fingerprint density at radius 2 is 2.32 bits per heavy atom. The number of nitro groups is 1. The highest BCUT2D eigenvalue weighted by Crippen LogP contribution is 2.26. The number of aromatic nitrogens is 2. The lowest BCUT2D eigenvalue weighted by atomic mass is 10.2. The highest BCUT2D eigenvalue weighted by Gasteiger charge is 2.19. The van der Waals surface area contributed by atoms with Gasteiger partial charge in [-0.1, -0.05) is 6.07 Å². The van der Waals surface area contributed by atoms with Crippen molar-refractivity contribution in [1.29, 1.82) is 0 Å². The normalized spacial score (nSPS) is 12.3. The van der Waals surface area contributed by atoms with Crippen molar-refractivity contribution in [3.63, 3.8) is 0 Å². The summed E-state index contributed by atoms with van der Waals surface area (Å²) in [6.45, 7) is 1.83. The van der Waals surface area contributed by atoms with E-state index in [0.717, 1.165) is 0 Å². The van der Waals surface area contributed by atoms with Crippen LogP contribution in [0.15, 0.2) is 24.5 Å². The highest BCUT2D eigenvalue weighted by atomic mass is 16.6. The molecule has 1 aromatic carbocycles. The first-order valence-electron chi connectivity index (χ1n) is 5.71. The van der Waals surface area contributed by atoms with Gasteiger partial charge in [0.1, 0.15) is 0 Å². The summed E-state index contributed by atoms with van der Waals surface area (Å²) in [4.78, 5) is 25.8. The van der Waals surface area contributed by atoms with Crippen LogP contribution in [0.1, 0.15) is 19.4 Å². The summed E-state index contributed by atoms with van der Waals surface area (Å²) in [7, 11) is 1.33. The van der Waals surface area contributed by atoms with Crippen LogP contribution in [0, 0.1) is 10.1 Å². The van der Waals surface area contributed by atoms with Crippen LogP contribution >= 0.6 is 0 Å². The van der Waals surface area contributed by atoms with Gasteiger partial charge in [0.2, 0.25) is 0 Å². The molecule has 0 aliphatic rings. The number of hydrogen-bond donors (Lipinski definition) is 0. The summed E-state index contributed by atoms with van der Waals surface area (Å²) in [5, 5.41) is 10.9. The molecule has 1 heterocycles. The van der Waals surface area contributed by atoms with E-state index in [-0.39, 0.29) is 24.1 Å². The van der Waals surface area contributed by atoms with Crippen LogP contribution in [0.3, 0.4) is 0 Å². The molecule has 0 spiro atoms. The van der Waals surface area contributed by atoms with Gasteiger partial charge in [0.05, 0.1) is 30.3 Å². The lowest BCUT2D eigenvalue weighted by molar-refractivity contribution is -0.383. The molecule has 0 amide bonds. The number of carbonyl (C=O) groups excluding carboxylic acids is 1. The van der Waals surface area contributed by atoms with Crippen LogP contribution in [0.5, 0.6) is 0 Å². The zero-order chi connectivity index (χ0) is 14.0. The minimum absolute atomic E-state index is 0.0403. The number of ether oxygens (including phenoxy) is 1. The summed E-state index contributed by atoms with van der Waals surface area (Å²) in [5.41, 5.74) is 0.913. The molecule has 0 bridgehead atoms. The summed E-state index contributed by atoms with van der Waals surface area (Å²) in [5.74, 6) is -0.334. The molecule has 0 saturated carbocycles. The van der Waals surface area contributed by atoms with Crippen LogP contribution < -0.4 is 0 Å². The van der Waals surface area contributed by atoms with Crippen LogP contribution in [0.4, 0.5) is 5.69 Å². The average Bonchev–Trinajstić information content (AvgIpc) is 2.81. The molecule has 0 aliphatic heterocycles. The van der Waals surface area contributed by atoms with Crippen molar-refractivity contribution >= 4 is 22.7 Å². The molecule has 0 N–H and O–H groups in total. The van der Waals surface area contributed by atoms with Gasteiger partial charge in [-0.15, -0.1) is 0 Å². The monoisotopic (exact) mass is 263 g/mol. The third-order valence-corrected chi connectivity index (χ3v) is 2.94. The van der Waals surface area contributed by atoms with Crippen molar-refractivity contribution in [3.05, 3.63) is 34.6 Å². The Morgan fingerprint density at radius 3 is 2.95 bits per heavy atom. The number of non-ortho nitro benzene ring substituents is 1. The predicted octanol–water partition coefficient (Wildman–Crippen LogP) is 2.07. The molecule has 0 radical (unpaired) electrons. The Morgan fingerprint density at radius 1 is 1.58 bits per heavy atom. The Balaban J connectivity index is 2.43. The summed E-state index contributed by atoms with van der Waals surface area (Å²) >= 11 is 0. The van der Waals surface area contributed by atoms with Crippen molar-refractivity contribution in [3.8, 4) is 0 Å². The average molecular weight is 263 g/mol. The third-order valence-electron chi connectivity index (χ3n) is 2.94. The molecule has 2 rings (SSSR count). The van der Waals surface area contributed by atoms with Gasteiger partial charge in [0.25, 0.3) is 5.69 Å². The van der Waals surface area contributed by atoms with Crippen LogP contribution in [0.25, 0.3) is 11.0 Å². The van der Waals surface area contributed by atoms with Gasteiger partial charge in [-0.05, 0) is 13.0 Å². The molecule has 7 nitrogen and oxygen atoms in total. The second-order valence-electron chi connectivity index (χ2n) is 4.18. The van der Waals surface area contributed by atoms with Gasteiger partial charge in [-0.3, -0.25) is 14.9 Å². The molecule has 1 aromatic heterocycles. The Kier molecular flexibility index (Phi) is 3.46. The molecule has 19 heavy (non-hydrogen) atoms. The predicted molar refractivity (Wildman–Crippen MR) is 67.7 cm³/mol. The Hall–Kier alpha value is -2.44. The SMILES string of the molecule is COC(=O)CC(C)n1cnc2c([N+](=O)[O-])cccc21. The number of nitrogens with zero attached hydrogens (tertiary/aromatic N) is 3. The molecule has 1 atom stereocenters. The molecule has 7 heteroatoms. The van der Waals surface area contributed by atoms with Crippen molar-refractivity contribution in [2.24, 2.45) is 0 Å². The van der Waals surface area contributed by atoms with Crippen LogP contribution in [0.2, 0.25) is 0 Å². The number of esters is 1. The molecule has 1 unspecified atom stereocenters. The van der Waals surface area contributed by atoms with E-state index in [1.807, 2.05) is 6.92 Å². The number of hydrogen-bond acceptors (Lipinski definition) is 5. The number of imidazole rings is 1. The van der Waals surface area contributed by atoms with Gasteiger partial charge >= 0.3 is 5.97 Å². The summed E-state index contributed by atoms with van der Waals surface area (Å²) in [6, 6.07) is 4.57. The second kappa shape index (κ2) is 5.05. The lowest BCUT2D eigenvalue weighted by Crippen LogP contribution is -2.11. The molecule has 0 fully saturated rings. The minimum atomic E-state index is -0.468. The van der Waals surface area contributed by atoms with E-state index < -0.39 is 4.92 Å². The van der Waals surface area contributed by atoms with Crippen molar-refractivity contribution in [1.82, 2.24) is 9.55 Å². The smallest absolute Gasteiger partial charge is 0.307 e. The van der Waals surface area contributed by atoms with Crippen molar-refractivity contribution in [2.75, 3.05) is 7.11 Å². The zero-order valence-electron chi connectivity index (χ0n) is 10.6. The maximum absolute atomic E-state index is 11.3. The van der Waals surface area contributed by atoms with Gasteiger partial charge in [-0.25, -0.2) is 4.98 Å². The Bertz CT molecular complexity index is 635. The van der Waals surface area contributed by atoms with Crippen LogP contribution in [-0.2, 0) is 9.53 Å². The molecule has 2 aromatic rings. The number of methoxy groups -OCH3 is 1.